The number of carbonyl (C=O) groups excluding carboxylic acids is 1. The van der Waals surface area contributed by atoms with Gasteiger partial charge < -0.3 is 15.0 Å². The molecule has 0 saturated carbocycles. The summed E-state index contributed by atoms with van der Waals surface area (Å²) in [5.41, 5.74) is 1.31. The van der Waals surface area contributed by atoms with E-state index in [1.54, 1.807) is 29.4 Å². The van der Waals surface area contributed by atoms with Crippen molar-refractivity contribution in [2.45, 2.75) is 25.5 Å². The van der Waals surface area contributed by atoms with Crippen LogP contribution in [0.3, 0.4) is 0 Å². The fraction of sp³-hybridized carbons (Fsp3) is 0.353. The number of nitrogens with one attached hydrogen (secondary N) is 1. The van der Waals surface area contributed by atoms with Crippen molar-refractivity contribution in [2.75, 3.05) is 18.5 Å². The van der Waals surface area contributed by atoms with Gasteiger partial charge >= 0.3 is 6.03 Å². The number of rotatable bonds is 5. The van der Waals surface area contributed by atoms with Crippen LogP contribution in [0.15, 0.2) is 42.7 Å². The van der Waals surface area contributed by atoms with Crippen LogP contribution in [0.1, 0.15) is 18.5 Å². The molecule has 1 aliphatic rings. The van der Waals surface area contributed by atoms with Crippen molar-refractivity contribution in [2.24, 2.45) is 0 Å². The maximum Gasteiger partial charge on any atom is 0.322 e. The summed E-state index contributed by atoms with van der Waals surface area (Å²) in [5.74, 6) is 0. The van der Waals surface area contributed by atoms with Crippen LogP contribution in [-0.4, -0.2) is 40.2 Å². The van der Waals surface area contributed by atoms with Gasteiger partial charge in [0.25, 0.3) is 0 Å². The van der Waals surface area contributed by atoms with Gasteiger partial charge in [0.2, 0.25) is 0 Å². The first-order chi connectivity index (χ1) is 11.7. The molecule has 0 bridgehead atoms. The molecule has 0 spiro atoms. The zero-order valence-electron chi connectivity index (χ0n) is 13.2. The van der Waals surface area contributed by atoms with Crippen LogP contribution in [0.5, 0.6) is 0 Å². The number of urea groups is 1. The van der Waals surface area contributed by atoms with Gasteiger partial charge in [-0.3, -0.25) is 4.98 Å². The summed E-state index contributed by atoms with van der Waals surface area (Å²) >= 11 is 6.02. The smallest absolute Gasteiger partial charge is 0.322 e. The van der Waals surface area contributed by atoms with Gasteiger partial charge in [-0.2, -0.15) is 0 Å². The first kappa shape index (κ1) is 16.7. The Morgan fingerprint density at radius 1 is 1.29 bits per heavy atom. The van der Waals surface area contributed by atoms with E-state index in [2.05, 4.69) is 15.3 Å². The highest BCUT2D eigenvalue weighted by atomic mass is 35.5. The zero-order chi connectivity index (χ0) is 16.8. The number of hydrogen-bond acceptors (Lipinski definition) is 4. The summed E-state index contributed by atoms with van der Waals surface area (Å²) in [6, 6.07) is 8.85. The maximum atomic E-state index is 12.7. The second kappa shape index (κ2) is 8.08. The lowest BCUT2D eigenvalue weighted by atomic mass is 10.2. The molecule has 126 valence electrons. The number of carbonyl (C=O) groups is 1. The van der Waals surface area contributed by atoms with E-state index in [0.717, 1.165) is 25.1 Å². The van der Waals surface area contributed by atoms with Gasteiger partial charge in [-0.25, -0.2) is 9.78 Å². The summed E-state index contributed by atoms with van der Waals surface area (Å²) in [6.07, 6.45) is 5.34. The van der Waals surface area contributed by atoms with Crippen molar-refractivity contribution in [3.05, 3.63) is 53.6 Å². The van der Waals surface area contributed by atoms with Gasteiger partial charge in [0.05, 0.1) is 24.0 Å². The van der Waals surface area contributed by atoms with Gasteiger partial charge in [0.15, 0.2) is 5.15 Å². The van der Waals surface area contributed by atoms with E-state index in [-0.39, 0.29) is 17.3 Å². The first-order valence-electron chi connectivity index (χ1n) is 7.90. The Hall–Kier alpha value is -2.18. The molecule has 6 nitrogen and oxygen atoms in total. The molecule has 2 aromatic rings. The van der Waals surface area contributed by atoms with E-state index in [0.29, 0.717) is 18.8 Å². The third-order valence-electron chi connectivity index (χ3n) is 3.81. The van der Waals surface area contributed by atoms with Gasteiger partial charge in [-0.05, 0) is 37.1 Å². The Kier molecular flexibility index (Phi) is 5.61. The van der Waals surface area contributed by atoms with Crippen molar-refractivity contribution >= 4 is 23.3 Å². The highest BCUT2D eigenvalue weighted by molar-refractivity contribution is 6.32. The predicted octanol–water partition coefficient (Wildman–Crippen LogP) is 3.34. The third kappa shape index (κ3) is 4.43. The zero-order valence-corrected chi connectivity index (χ0v) is 13.9. The van der Waals surface area contributed by atoms with Gasteiger partial charge in [0, 0.05) is 25.5 Å². The molecule has 2 aromatic heterocycles. The van der Waals surface area contributed by atoms with E-state index in [1.807, 2.05) is 18.2 Å². The number of hydrogen-bond donors (Lipinski definition) is 1. The van der Waals surface area contributed by atoms with E-state index in [4.69, 9.17) is 16.3 Å². The molecule has 2 amide bonds. The lowest BCUT2D eigenvalue weighted by Crippen LogP contribution is -2.40. The highest BCUT2D eigenvalue weighted by Crippen LogP contribution is 2.20. The van der Waals surface area contributed by atoms with Gasteiger partial charge in [-0.15, -0.1) is 0 Å². The van der Waals surface area contributed by atoms with Crippen LogP contribution in [0.2, 0.25) is 5.15 Å². The molecule has 3 heterocycles. The Bertz CT molecular complexity index is 677. The normalized spacial score (nSPS) is 16.8. The maximum absolute atomic E-state index is 12.7. The van der Waals surface area contributed by atoms with E-state index in [1.165, 1.54) is 0 Å². The van der Waals surface area contributed by atoms with Crippen LogP contribution in [-0.2, 0) is 11.3 Å². The number of aromatic nitrogens is 2. The van der Waals surface area contributed by atoms with Gasteiger partial charge in [0.1, 0.15) is 0 Å². The fourth-order valence-electron chi connectivity index (χ4n) is 2.61. The first-order valence-corrected chi connectivity index (χ1v) is 8.28. The minimum absolute atomic E-state index is 0.0591. The average Bonchev–Trinajstić information content (AvgIpc) is 3.10. The quantitative estimate of drug-likeness (QED) is 0.843. The minimum atomic E-state index is -0.244. The molecular weight excluding hydrogens is 328 g/mol. The second-order valence-corrected chi connectivity index (χ2v) is 5.97. The summed E-state index contributed by atoms with van der Waals surface area (Å²) in [7, 11) is 0. The molecule has 1 atom stereocenters. The van der Waals surface area contributed by atoms with Crippen molar-refractivity contribution in [1.29, 1.82) is 0 Å². The second-order valence-electron chi connectivity index (χ2n) is 5.61. The number of pyridine rings is 2. The number of amides is 2. The minimum Gasteiger partial charge on any atom is -0.376 e. The number of halogens is 1. The van der Waals surface area contributed by atoms with E-state index < -0.39 is 0 Å². The summed E-state index contributed by atoms with van der Waals surface area (Å²) in [6.45, 7) is 1.67. The monoisotopic (exact) mass is 346 g/mol. The number of anilines is 1. The number of nitrogens with zero attached hydrogens (tertiary/aromatic N) is 3. The number of ether oxygens (including phenoxy) is 1. The molecule has 0 aromatic carbocycles. The molecule has 1 fully saturated rings. The molecule has 0 aliphatic carbocycles. The molecule has 24 heavy (non-hydrogen) atoms. The molecule has 1 aliphatic heterocycles. The Morgan fingerprint density at radius 3 is 2.88 bits per heavy atom. The lowest BCUT2D eigenvalue weighted by Gasteiger charge is -2.25. The average molecular weight is 347 g/mol. The van der Waals surface area contributed by atoms with E-state index >= 15 is 0 Å². The van der Waals surface area contributed by atoms with Crippen LogP contribution in [0.4, 0.5) is 10.5 Å². The highest BCUT2D eigenvalue weighted by Gasteiger charge is 2.23. The molecular formula is C17H19ClN4O2. The Labute approximate surface area is 145 Å². The molecule has 7 heteroatoms. The van der Waals surface area contributed by atoms with Gasteiger partial charge in [-0.1, -0.05) is 17.7 Å². The Balaban J connectivity index is 1.72. The van der Waals surface area contributed by atoms with Crippen molar-refractivity contribution in [3.63, 3.8) is 0 Å². The summed E-state index contributed by atoms with van der Waals surface area (Å²) < 4.78 is 5.66. The van der Waals surface area contributed by atoms with Crippen LogP contribution < -0.4 is 5.32 Å². The van der Waals surface area contributed by atoms with Crippen molar-refractivity contribution in [3.8, 4) is 0 Å². The molecule has 0 radical (unpaired) electrons. The van der Waals surface area contributed by atoms with E-state index in [9.17, 15) is 4.79 Å². The molecule has 1 saturated heterocycles. The lowest BCUT2D eigenvalue weighted by molar-refractivity contribution is 0.0816. The Morgan fingerprint density at radius 2 is 2.17 bits per heavy atom. The molecule has 1 N–H and O–H groups in total. The molecule has 3 rings (SSSR count). The topological polar surface area (TPSA) is 67.4 Å². The standard InChI is InChI=1S/C17H19ClN4O2/c18-16-15(7-3-9-20-16)21-17(23)22(12-14-6-4-10-24-14)11-13-5-1-2-8-19-13/h1-3,5,7-9,14H,4,6,10-12H2,(H,21,23)/t14-/m1/s1. The van der Waals surface area contributed by atoms with Crippen molar-refractivity contribution < 1.29 is 9.53 Å². The van der Waals surface area contributed by atoms with Crippen LogP contribution in [0.25, 0.3) is 0 Å². The third-order valence-corrected chi connectivity index (χ3v) is 4.12. The predicted molar refractivity (Wildman–Crippen MR) is 91.9 cm³/mol. The summed E-state index contributed by atoms with van der Waals surface area (Å²) in [5, 5.41) is 3.08. The van der Waals surface area contributed by atoms with Crippen LogP contribution >= 0.6 is 11.6 Å². The summed E-state index contributed by atoms with van der Waals surface area (Å²) in [4.78, 5) is 22.7. The largest absolute Gasteiger partial charge is 0.376 e. The fourth-order valence-corrected chi connectivity index (χ4v) is 2.78. The van der Waals surface area contributed by atoms with Crippen LogP contribution in [0, 0.1) is 0 Å². The SMILES string of the molecule is O=C(Nc1cccnc1Cl)N(Cc1ccccn1)C[C@H]1CCCO1. The van der Waals surface area contributed by atoms with Crippen molar-refractivity contribution in [1.82, 2.24) is 14.9 Å². The molecule has 0 unspecified atom stereocenters.